The molecule has 0 spiro atoms. The average Bonchev–Trinajstić information content (AvgIpc) is 3.15. The third kappa shape index (κ3) is 4.65. The molecule has 1 fully saturated rings. The molecule has 8 nitrogen and oxygen atoms in total. The monoisotopic (exact) mass is 526 g/mol. The van der Waals surface area contributed by atoms with Gasteiger partial charge in [0.1, 0.15) is 28.9 Å². The van der Waals surface area contributed by atoms with E-state index in [1.165, 1.54) is 36.1 Å². The molecule has 0 radical (unpaired) electrons. The van der Waals surface area contributed by atoms with Crippen molar-refractivity contribution in [2.45, 2.75) is 38.1 Å². The number of aliphatic hydroxyl groups excluding tert-OH is 1. The topological polar surface area (TPSA) is 105 Å². The van der Waals surface area contributed by atoms with Crippen LogP contribution in [0.5, 0.6) is 0 Å². The van der Waals surface area contributed by atoms with E-state index in [1.54, 1.807) is 5.32 Å². The fourth-order valence-electron chi connectivity index (χ4n) is 3.96. The maximum absolute atomic E-state index is 14.9. The number of benzene rings is 1. The largest absolute Gasteiger partial charge is 0.408 e. The Hall–Kier alpha value is -3.51. The fraction of sp³-hybridized carbons (Fsp3) is 0.304. The summed E-state index contributed by atoms with van der Waals surface area (Å²) in [5, 5.41) is 11.2. The van der Waals surface area contributed by atoms with Gasteiger partial charge in [-0.3, -0.25) is 23.9 Å². The predicted molar refractivity (Wildman–Crippen MR) is 123 cm³/mol. The molecular weight excluding hydrogens is 508 g/mol. The van der Waals surface area contributed by atoms with E-state index in [2.05, 4.69) is 4.98 Å². The summed E-state index contributed by atoms with van der Waals surface area (Å²) in [7, 11) is 0. The van der Waals surface area contributed by atoms with Gasteiger partial charge in [-0.2, -0.15) is 13.2 Å². The Morgan fingerprint density at radius 2 is 2.00 bits per heavy atom. The lowest BCUT2D eigenvalue weighted by Gasteiger charge is -2.21. The number of alkyl halides is 3. The number of rotatable bonds is 5. The Morgan fingerprint density at radius 3 is 2.58 bits per heavy atom. The first-order valence-corrected chi connectivity index (χ1v) is 11.2. The van der Waals surface area contributed by atoms with Gasteiger partial charge in [0.15, 0.2) is 5.65 Å². The van der Waals surface area contributed by atoms with E-state index < -0.39 is 53.4 Å². The maximum atomic E-state index is 14.9. The Morgan fingerprint density at radius 1 is 1.28 bits per heavy atom. The summed E-state index contributed by atoms with van der Waals surface area (Å²) in [4.78, 5) is 43.6. The van der Waals surface area contributed by atoms with E-state index in [9.17, 15) is 37.1 Å². The van der Waals surface area contributed by atoms with Crippen molar-refractivity contribution in [1.29, 1.82) is 0 Å². The second-order valence-corrected chi connectivity index (χ2v) is 8.60. The minimum atomic E-state index is -4.75. The molecule has 3 heterocycles. The SMILES string of the molecule is CCC(NC(=O)c1cn(-c2c(F)cccc2Cl)c2nc(N3C[C@@H](O)CC3=O)ccc2c1=O)C(F)(F)F. The molecule has 13 heteroatoms. The van der Waals surface area contributed by atoms with Crippen LogP contribution < -0.4 is 15.6 Å². The molecule has 0 saturated carbocycles. The van der Waals surface area contributed by atoms with Crippen molar-refractivity contribution in [2.75, 3.05) is 11.4 Å². The van der Waals surface area contributed by atoms with Gasteiger partial charge < -0.3 is 10.4 Å². The minimum absolute atomic E-state index is 0.0463. The summed E-state index contributed by atoms with van der Waals surface area (Å²) in [6, 6.07) is 4.02. The number of nitrogens with one attached hydrogen (secondary N) is 1. The zero-order valence-corrected chi connectivity index (χ0v) is 19.4. The van der Waals surface area contributed by atoms with Crippen molar-refractivity contribution in [1.82, 2.24) is 14.9 Å². The van der Waals surface area contributed by atoms with Crippen molar-refractivity contribution < 1.29 is 32.3 Å². The second kappa shape index (κ2) is 9.51. The number of aliphatic hydroxyl groups is 1. The summed E-state index contributed by atoms with van der Waals surface area (Å²) in [5.41, 5.74) is -2.14. The van der Waals surface area contributed by atoms with Crippen LogP contribution in [0, 0.1) is 5.82 Å². The molecule has 2 N–H and O–H groups in total. The fourth-order valence-corrected chi connectivity index (χ4v) is 4.21. The summed E-state index contributed by atoms with van der Waals surface area (Å²) >= 11 is 6.20. The highest BCUT2D eigenvalue weighted by atomic mass is 35.5. The lowest BCUT2D eigenvalue weighted by atomic mass is 10.1. The highest BCUT2D eigenvalue weighted by Gasteiger charge is 2.40. The standard InChI is InChI=1S/C23H19ClF4N4O4/c1-2-16(23(26,27)28)29-22(36)13-10-32(19-14(24)4-3-5-15(19)25)21-12(20(13)35)6-7-17(30-21)31-9-11(33)8-18(31)34/h3-7,10-11,16,33H,2,8-9H2,1H3,(H,29,36)/t11-,16?/m0/s1. The van der Waals surface area contributed by atoms with Crippen molar-refractivity contribution in [3.05, 3.63) is 63.2 Å². The number of nitrogens with zero attached hydrogens (tertiary/aromatic N) is 3. The number of hydrogen-bond donors (Lipinski definition) is 2. The molecule has 1 aliphatic rings. The van der Waals surface area contributed by atoms with Gasteiger partial charge in [-0.15, -0.1) is 0 Å². The molecule has 4 rings (SSSR count). The number of pyridine rings is 2. The Balaban J connectivity index is 1.95. The van der Waals surface area contributed by atoms with Gasteiger partial charge in [0.05, 0.1) is 29.5 Å². The summed E-state index contributed by atoms with van der Waals surface area (Å²) < 4.78 is 55.5. The van der Waals surface area contributed by atoms with E-state index in [1.807, 2.05) is 0 Å². The highest BCUT2D eigenvalue weighted by Crippen LogP contribution is 2.29. The lowest BCUT2D eigenvalue weighted by Crippen LogP contribution is -2.46. The summed E-state index contributed by atoms with van der Waals surface area (Å²) in [6.45, 7) is 1.16. The third-order valence-electron chi connectivity index (χ3n) is 5.75. The highest BCUT2D eigenvalue weighted by molar-refractivity contribution is 6.32. The van der Waals surface area contributed by atoms with Gasteiger partial charge in [-0.25, -0.2) is 9.37 Å². The van der Waals surface area contributed by atoms with Crippen LogP contribution in [0.1, 0.15) is 30.1 Å². The number of para-hydroxylation sites is 1. The molecule has 2 atom stereocenters. The molecule has 1 aliphatic heterocycles. The molecule has 3 aromatic rings. The maximum Gasteiger partial charge on any atom is 0.408 e. The number of fused-ring (bicyclic) bond motifs is 1. The van der Waals surface area contributed by atoms with Crippen LogP contribution in [0.2, 0.25) is 5.02 Å². The Kier molecular flexibility index (Phi) is 6.76. The van der Waals surface area contributed by atoms with E-state index in [0.29, 0.717) is 0 Å². The summed E-state index contributed by atoms with van der Waals surface area (Å²) in [6.07, 6.45) is -5.42. The quantitative estimate of drug-likeness (QED) is 0.496. The zero-order valence-electron chi connectivity index (χ0n) is 18.6. The van der Waals surface area contributed by atoms with E-state index in [-0.39, 0.29) is 40.5 Å². The molecule has 1 unspecified atom stereocenters. The van der Waals surface area contributed by atoms with Crippen LogP contribution in [0.4, 0.5) is 23.4 Å². The molecule has 36 heavy (non-hydrogen) atoms. The number of carbonyl (C=O) groups is 2. The summed E-state index contributed by atoms with van der Waals surface area (Å²) in [5.74, 6) is -2.56. The van der Waals surface area contributed by atoms with Gasteiger partial charge in [-0.1, -0.05) is 24.6 Å². The van der Waals surface area contributed by atoms with Crippen molar-refractivity contribution in [3.8, 4) is 5.69 Å². The third-order valence-corrected chi connectivity index (χ3v) is 6.05. The van der Waals surface area contributed by atoms with Gasteiger partial charge in [-0.05, 0) is 30.7 Å². The van der Waals surface area contributed by atoms with Gasteiger partial charge in [0.25, 0.3) is 5.91 Å². The Bertz CT molecular complexity index is 1410. The molecule has 1 aromatic carbocycles. The first-order chi connectivity index (χ1) is 16.9. The molecule has 0 aliphatic carbocycles. The number of hydrogen-bond acceptors (Lipinski definition) is 5. The molecule has 0 bridgehead atoms. The van der Waals surface area contributed by atoms with Gasteiger partial charge in [0.2, 0.25) is 11.3 Å². The number of halogens is 5. The molecule has 2 amide bonds. The average molecular weight is 527 g/mol. The predicted octanol–water partition coefficient (Wildman–Crippen LogP) is 3.35. The van der Waals surface area contributed by atoms with Gasteiger partial charge >= 0.3 is 6.18 Å². The smallest absolute Gasteiger partial charge is 0.391 e. The van der Waals surface area contributed by atoms with Crippen LogP contribution in [0.3, 0.4) is 0 Å². The van der Waals surface area contributed by atoms with Crippen LogP contribution >= 0.6 is 11.6 Å². The minimum Gasteiger partial charge on any atom is -0.391 e. The number of amides is 2. The van der Waals surface area contributed by atoms with Crippen molar-refractivity contribution >= 4 is 40.3 Å². The van der Waals surface area contributed by atoms with Crippen LogP contribution in [0.25, 0.3) is 16.7 Å². The van der Waals surface area contributed by atoms with E-state index in [4.69, 9.17) is 11.6 Å². The molecule has 1 saturated heterocycles. The number of carbonyl (C=O) groups excluding carboxylic acids is 2. The molecular formula is C23H19ClF4N4O4. The van der Waals surface area contributed by atoms with Crippen LogP contribution in [-0.2, 0) is 4.79 Å². The number of anilines is 1. The van der Waals surface area contributed by atoms with E-state index >= 15 is 0 Å². The van der Waals surface area contributed by atoms with Crippen molar-refractivity contribution in [2.24, 2.45) is 0 Å². The van der Waals surface area contributed by atoms with E-state index in [0.717, 1.165) is 16.8 Å². The lowest BCUT2D eigenvalue weighted by molar-refractivity contribution is -0.153. The molecule has 190 valence electrons. The first kappa shape index (κ1) is 25.6. The number of aromatic nitrogens is 2. The van der Waals surface area contributed by atoms with Crippen LogP contribution in [0.15, 0.2) is 41.3 Å². The molecule has 2 aromatic heterocycles. The van der Waals surface area contributed by atoms with Crippen LogP contribution in [-0.4, -0.2) is 51.3 Å². The first-order valence-electron chi connectivity index (χ1n) is 10.8. The Labute approximate surface area is 206 Å². The zero-order chi connectivity index (χ0) is 26.4. The normalized spacial score (nSPS) is 17.0. The van der Waals surface area contributed by atoms with Crippen molar-refractivity contribution in [3.63, 3.8) is 0 Å². The van der Waals surface area contributed by atoms with Gasteiger partial charge in [0, 0.05) is 6.20 Å². The number of β-amino-alcohol motifs (C(OH)–C–C–N with tert-alkyl or cyclic N) is 1. The second-order valence-electron chi connectivity index (χ2n) is 8.19.